The highest BCUT2D eigenvalue weighted by Crippen LogP contribution is 2.40. The normalized spacial score (nSPS) is 12.6. The molecule has 0 amide bonds. The fourth-order valence-corrected chi connectivity index (χ4v) is 1.02. The van der Waals surface area contributed by atoms with Gasteiger partial charge < -0.3 is 9.84 Å². The Labute approximate surface area is 94.6 Å². The maximum atomic E-state index is 12.2. The molecule has 17 heavy (non-hydrogen) atoms. The van der Waals surface area contributed by atoms with Crippen molar-refractivity contribution in [2.45, 2.75) is 12.5 Å². The van der Waals surface area contributed by atoms with Crippen LogP contribution in [0.3, 0.4) is 0 Å². The minimum Gasteiger partial charge on any atom is -0.502 e. The molecule has 0 saturated carbocycles. The molecule has 1 N–H and O–H groups in total. The van der Waals surface area contributed by atoms with E-state index in [0.717, 1.165) is 0 Å². The average Bonchev–Trinajstić information content (AvgIpc) is 2.08. The van der Waals surface area contributed by atoms with Crippen molar-refractivity contribution in [3.63, 3.8) is 0 Å². The molecule has 10 heteroatoms. The molecule has 1 aromatic rings. The number of hydrogen-bond donors (Lipinski definition) is 1. The lowest BCUT2D eigenvalue weighted by Gasteiger charge is -2.13. The van der Waals surface area contributed by atoms with Crippen LogP contribution >= 0.6 is 11.6 Å². The van der Waals surface area contributed by atoms with E-state index in [2.05, 4.69) is 9.72 Å². The molecule has 0 aromatic carbocycles. The minimum absolute atomic E-state index is 0.102. The van der Waals surface area contributed by atoms with E-state index in [1.54, 1.807) is 0 Å². The smallest absolute Gasteiger partial charge is 0.502 e. The van der Waals surface area contributed by atoms with Gasteiger partial charge in [-0.25, -0.2) is 4.98 Å². The first-order valence-electron chi connectivity index (χ1n) is 3.73. The lowest BCUT2D eigenvalue weighted by Crippen LogP contribution is -2.18. The van der Waals surface area contributed by atoms with Crippen LogP contribution < -0.4 is 4.74 Å². The third-order valence-electron chi connectivity index (χ3n) is 1.43. The second kappa shape index (κ2) is 4.13. The molecule has 0 unspecified atom stereocenters. The topological polar surface area (TPSA) is 42.4 Å². The number of aromatic hydroxyl groups is 1. The lowest BCUT2D eigenvalue weighted by atomic mass is 10.3. The molecule has 3 nitrogen and oxygen atoms in total. The number of alkyl halides is 6. The lowest BCUT2D eigenvalue weighted by molar-refractivity contribution is -0.275. The SMILES string of the molecule is Oc1c(OC(F)(F)F)cc(C(F)(F)F)nc1Cl. The van der Waals surface area contributed by atoms with E-state index in [1.807, 2.05) is 0 Å². The molecular formula is C7H2ClF6NO2. The van der Waals surface area contributed by atoms with E-state index in [4.69, 9.17) is 16.7 Å². The third-order valence-corrected chi connectivity index (χ3v) is 1.69. The van der Waals surface area contributed by atoms with Crippen molar-refractivity contribution >= 4 is 11.6 Å². The Morgan fingerprint density at radius 3 is 2.12 bits per heavy atom. The van der Waals surface area contributed by atoms with E-state index < -0.39 is 34.9 Å². The predicted molar refractivity (Wildman–Crippen MR) is 42.6 cm³/mol. The third kappa shape index (κ3) is 3.55. The van der Waals surface area contributed by atoms with E-state index >= 15 is 0 Å². The van der Waals surface area contributed by atoms with Crippen LogP contribution in [0, 0.1) is 0 Å². The van der Waals surface area contributed by atoms with Crippen molar-refractivity contribution in [2.24, 2.45) is 0 Å². The van der Waals surface area contributed by atoms with Gasteiger partial charge in [-0.15, -0.1) is 13.2 Å². The second-order valence-corrected chi connectivity index (χ2v) is 3.05. The molecule has 1 aromatic heterocycles. The summed E-state index contributed by atoms with van der Waals surface area (Å²) < 4.78 is 75.1. The molecule has 0 saturated heterocycles. The first-order valence-corrected chi connectivity index (χ1v) is 4.11. The van der Waals surface area contributed by atoms with Crippen LogP contribution in [0.4, 0.5) is 26.3 Å². The molecule has 1 heterocycles. The van der Waals surface area contributed by atoms with E-state index in [-0.39, 0.29) is 6.07 Å². The molecular weight excluding hydrogens is 280 g/mol. The highest BCUT2D eigenvalue weighted by atomic mass is 35.5. The number of aromatic nitrogens is 1. The van der Waals surface area contributed by atoms with Gasteiger partial charge in [-0.05, 0) is 0 Å². The minimum atomic E-state index is -5.26. The summed E-state index contributed by atoms with van der Waals surface area (Å²) in [6.07, 6.45) is -10.3. The monoisotopic (exact) mass is 281 g/mol. The summed E-state index contributed by atoms with van der Waals surface area (Å²) in [4.78, 5) is 2.68. The van der Waals surface area contributed by atoms with Gasteiger partial charge in [0, 0.05) is 6.07 Å². The van der Waals surface area contributed by atoms with Gasteiger partial charge in [0.15, 0.2) is 16.7 Å². The summed E-state index contributed by atoms with van der Waals surface area (Å²) in [7, 11) is 0. The molecule has 0 spiro atoms. The van der Waals surface area contributed by atoms with Crippen LogP contribution in [0.5, 0.6) is 11.5 Å². The highest BCUT2D eigenvalue weighted by Gasteiger charge is 2.37. The van der Waals surface area contributed by atoms with Crippen molar-refractivity contribution in [1.29, 1.82) is 0 Å². The van der Waals surface area contributed by atoms with Crippen molar-refractivity contribution in [3.05, 3.63) is 16.9 Å². The molecule has 96 valence electrons. The first-order chi connectivity index (χ1) is 7.50. The van der Waals surface area contributed by atoms with Crippen LogP contribution in [0.25, 0.3) is 0 Å². The first kappa shape index (κ1) is 13.7. The Balaban J connectivity index is 3.26. The van der Waals surface area contributed by atoms with Crippen LogP contribution in [0.2, 0.25) is 5.15 Å². The maximum Gasteiger partial charge on any atom is 0.573 e. The summed E-state index contributed by atoms with van der Waals surface area (Å²) in [5.74, 6) is -2.79. The molecule has 0 aliphatic carbocycles. The van der Waals surface area contributed by atoms with Crippen LogP contribution in [-0.4, -0.2) is 16.5 Å². The Hall–Kier alpha value is -1.38. The average molecular weight is 282 g/mol. The summed E-state index contributed by atoms with van der Waals surface area (Å²) in [6, 6.07) is -0.102. The van der Waals surface area contributed by atoms with Gasteiger partial charge >= 0.3 is 12.5 Å². The molecule has 0 bridgehead atoms. The summed E-state index contributed by atoms with van der Waals surface area (Å²) >= 11 is 5.05. The quantitative estimate of drug-likeness (QED) is 0.634. The fourth-order valence-electron chi connectivity index (χ4n) is 0.833. The Morgan fingerprint density at radius 2 is 1.71 bits per heavy atom. The predicted octanol–water partition coefficient (Wildman–Crippen LogP) is 3.36. The van der Waals surface area contributed by atoms with Crippen molar-refractivity contribution in [1.82, 2.24) is 4.98 Å². The molecule has 0 radical (unpaired) electrons. The molecule has 0 aliphatic heterocycles. The Bertz CT molecular complexity index is 430. The summed E-state index contributed by atoms with van der Waals surface area (Å²) in [5.41, 5.74) is -1.71. The summed E-state index contributed by atoms with van der Waals surface area (Å²) in [6.45, 7) is 0. The second-order valence-electron chi connectivity index (χ2n) is 2.69. The summed E-state index contributed by atoms with van der Waals surface area (Å²) in [5, 5.41) is 7.82. The Morgan fingerprint density at radius 1 is 1.18 bits per heavy atom. The van der Waals surface area contributed by atoms with E-state index in [1.165, 1.54) is 0 Å². The molecule has 0 aliphatic rings. The van der Waals surface area contributed by atoms with E-state index in [9.17, 15) is 26.3 Å². The van der Waals surface area contributed by atoms with Gasteiger partial charge in [0.1, 0.15) is 5.69 Å². The number of halogens is 7. The van der Waals surface area contributed by atoms with E-state index in [0.29, 0.717) is 0 Å². The van der Waals surface area contributed by atoms with Crippen molar-refractivity contribution in [2.75, 3.05) is 0 Å². The number of ether oxygens (including phenoxy) is 1. The Kier molecular flexibility index (Phi) is 3.33. The van der Waals surface area contributed by atoms with Crippen molar-refractivity contribution in [3.8, 4) is 11.5 Å². The zero-order valence-corrected chi connectivity index (χ0v) is 8.28. The largest absolute Gasteiger partial charge is 0.573 e. The highest BCUT2D eigenvalue weighted by molar-refractivity contribution is 6.31. The molecule has 1 rings (SSSR count). The zero-order chi connectivity index (χ0) is 13.4. The van der Waals surface area contributed by atoms with Crippen molar-refractivity contribution < 1.29 is 36.2 Å². The van der Waals surface area contributed by atoms with Crippen LogP contribution in [0.15, 0.2) is 6.07 Å². The van der Waals surface area contributed by atoms with Gasteiger partial charge in [-0.3, -0.25) is 0 Å². The number of pyridine rings is 1. The van der Waals surface area contributed by atoms with Gasteiger partial charge in [0.25, 0.3) is 0 Å². The fraction of sp³-hybridized carbons (Fsp3) is 0.286. The maximum absolute atomic E-state index is 12.2. The van der Waals surface area contributed by atoms with Gasteiger partial charge in [0.05, 0.1) is 0 Å². The van der Waals surface area contributed by atoms with Gasteiger partial charge in [-0.1, -0.05) is 11.6 Å². The number of nitrogens with zero attached hydrogens (tertiary/aromatic N) is 1. The molecule has 0 fully saturated rings. The number of hydrogen-bond acceptors (Lipinski definition) is 3. The molecule has 0 atom stereocenters. The zero-order valence-electron chi connectivity index (χ0n) is 7.53. The number of rotatable bonds is 1. The van der Waals surface area contributed by atoms with Gasteiger partial charge in [-0.2, -0.15) is 13.2 Å². The standard InChI is InChI=1S/C7H2ClF6NO2/c8-5-4(16)2(17-7(12,13)14)1-3(15-5)6(9,10)11/h1,16H. The van der Waals surface area contributed by atoms with Gasteiger partial charge in [0.2, 0.25) is 0 Å². The van der Waals surface area contributed by atoms with Crippen LogP contribution in [-0.2, 0) is 6.18 Å². The van der Waals surface area contributed by atoms with Crippen LogP contribution in [0.1, 0.15) is 5.69 Å².